The zero-order chi connectivity index (χ0) is 11.4. The van der Waals surface area contributed by atoms with E-state index in [-0.39, 0.29) is 0 Å². The Morgan fingerprint density at radius 2 is 2.00 bits per heavy atom. The predicted molar refractivity (Wildman–Crippen MR) is 63.8 cm³/mol. The molecule has 2 aromatic rings. The van der Waals surface area contributed by atoms with Crippen LogP contribution >= 0.6 is 0 Å². The van der Waals surface area contributed by atoms with Gasteiger partial charge in [-0.1, -0.05) is 12.1 Å². The van der Waals surface area contributed by atoms with E-state index in [1.807, 2.05) is 24.3 Å². The number of anilines is 2. The van der Waals surface area contributed by atoms with E-state index >= 15 is 0 Å². The Balaban J connectivity index is 2.05. The summed E-state index contributed by atoms with van der Waals surface area (Å²) in [6.07, 6.45) is 1.63. The molecule has 0 unspecified atom stereocenters. The lowest BCUT2D eigenvalue weighted by Gasteiger charge is -2.08. The monoisotopic (exact) mass is 215 g/mol. The molecule has 0 atom stereocenters. The van der Waals surface area contributed by atoms with Crippen LogP contribution in [0.1, 0.15) is 5.56 Å². The maximum atomic E-state index is 5.66. The Bertz CT molecular complexity index is 485. The second-order valence-corrected chi connectivity index (χ2v) is 3.42. The number of benzene rings is 1. The summed E-state index contributed by atoms with van der Waals surface area (Å²) in [5.41, 5.74) is 13.0. The zero-order valence-corrected chi connectivity index (χ0v) is 8.76. The van der Waals surface area contributed by atoms with E-state index in [4.69, 9.17) is 16.2 Å². The van der Waals surface area contributed by atoms with E-state index in [1.165, 1.54) is 0 Å². The standard InChI is InChI=1S/C12H13N3O/c13-10-4-1-3-9(7-10)8-16-11-5-2-6-15-12(11)14/h1-7H,8,13H2,(H2,14,15). The molecular formula is C12H13N3O. The Kier molecular flexibility index (Phi) is 2.91. The van der Waals surface area contributed by atoms with Gasteiger partial charge >= 0.3 is 0 Å². The molecule has 82 valence electrons. The molecule has 0 fully saturated rings. The van der Waals surface area contributed by atoms with Crippen LogP contribution in [0, 0.1) is 0 Å². The number of aromatic nitrogens is 1. The summed E-state index contributed by atoms with van der Waals surface area (Å²) >= 11 is 0. The van der Waals surface area contributed by atoms with Gasteiger partial charge in [0.2, 0.25) is 0 Å². The highest BCUT2D eigenvalue weighted by Crippen LogP contribution is 2.18. The molecule has 2 rings (SSSR count). The molecule has 1 heterocycles. The molecule has 4 nitrogen and oxygen atoms in total. The Labute approximate surface area is 93.9 Å². The van der Waals surface area contributed by atoms with E-state index in [9.17, 15) is 0 Å². The first kappa shape index (κ1) is 10.3. The third-order valence-electron chi connectivity index (χ3n) is 2.15. The molecule has 16 heavy (non-hydrogen) atoms. The Morgan fingerprint density at radius 1 is 1.12 bits per heavy atom. The summed E-state index contributed by atoms with van der Waals surface area (Å²) in [5, 5.41) is 0. The van der Waals surface area contributed by atoms with Crippen molar-refractivity contribution < 1.29 is 4.74 Å². The Hall–Kier alpha value is -2.23. The van der Waals surface area contributed by atoms with Gasteiger partial charge in [0, 0.05) is 11.9 Å². The number of nitrogen functional groups attached to an aromatic ring is 2. The largest absolute Gasteiger partial charge is 0.485 e. The first-order chi connectivity index (χ1) is 7.75. The van der Waals surface area contributed by atoms with Gasteiger partial charge in [0.1, 0.15) is 6.61 Å². The van der Waals surface area contributed by atoms with Gasteiger partial charge in [-0.05, 0) is 29.8 Å². The summed E-state index contributed by atoms with van der Waals surface area (Å²) < 4.78 is 5.53. The second-order valence-electron chi connectivity index (χ2n) is 3.42. The predicted octanol–water partition coefficient (Wildman–Crippen LogP) is 1.82. The van der Waals surface area contributed by atoms with Gasteiger partial charge in [-0.3, -0.25) is 0 Å². The molecule has 0 aliphatic rings. The minimum absolute atomic E-state index is 0.395. The Morgan fingerprint density at radius 3 is 2.75 bits per heavy atom. The molecule has 0 saturated carbocycles. The summed E-state index contributed by atoms with van der Waals surface area (Å²) in [5.74, 6) is 0.983. The molecule has 0 radical (unpaired) electrons. The van der Waals surface area contributed by atoms with Crippen LogP contribution in [0.5, 0.6) is 5.75 Å². The summed E-state index contributed by atoms with van der Waals surface area (Å²) in [4.78, 5) is 3.94. The molecule has 4 heteroatoms. The van der Waals surface area contributed by atoms with Crippen LogP contribution in [0.25, 0.3) is 0 Å². The van der Waals surface area contributed by atoms with Crippen LogP contribution in [-0.2, 0) is 6.61 Å². The number of nitrogens with zero attached hydrogens (tertiary/aromatic N) is 1. The zero-order valence-electron chi connectivity index (χ0n) is 8.76. The average Bonchev–Trinajstić information content (AvgIpc) is 2.28. The van der Waals surface area contributed by atoms with Gasteiger partial charge in [-0.25, -0.2) is 4.98 Å². The SMILES string of the molecule is Nc1cccc(COc2cccnc2N)c1. The fraction of sp³-hybridized carbons (Fsp3) is 0.0833. The lowest BCUT2D eigenvalue weighted by molar-refractivity contribution is 0.307. The lowest BCUT2D eigenvalue weighted by atomic mass is 10.2. The maximum Gasteiger partial charge on any atom is 0.166 e. The molecule has 0 spiro atoms. The third-order valence-corrected chi connectivity index (χ3v) is 2.15. The summed E-state index contributed by atoms with van der Waals surface area (Å²) in [6, 6.07) is 11.1. The summed E-state index contributed by atoms with van der Waals surface area (Å²) in [7, 11) is 0. The molecule has 0 saturated heterocycles. The lowest BCUT2D eigenvalue weighted by Crippen LogP contribution is -2.00. The van der Waals surface area contributed by atoms with Gasteiger partial charge in [-0.15, -0.1) is 0 Å². The van der Waals surface area contributed by atoms with Crippen LogP contribution in [0.3, 0.4) is 0 Å². The molecule has 0 bridgehead atoms. The van der Waals surface area contributed by atoms with E-state index in [2.05, 4.69) is 4.98 Å². The number of rotatable bonds is 3. The van der Waals surface area contributed by atoms with Gasteiger partial charge in [-0.2, -0.15) is 0 Å². The van der Waals surface area contributed by atoms with Gasteiger partial charge in [0.05, 0.1) is 0 Å². The highest BCUT2D eigenvalue weighted by atomic mass is 16.5. The van der Waals surface area contributed by atoms with Gasteiger partial charge < -0.3 is 16.2 Å². The minimum Gasteiger partial charge on any atom is -0.485 e. The van der Waals surface area contributed by atoms with Crippen molar-refractivity contribution in [1.29, 1.82) is 0 Å². The van der Waals surface area contributed by atoms with Crippen LogP contribution in [-0.4, -0.2) is 4.98 Å². The van der Waals surface area contributed by atoms with E-state index in [0.717, 1.165) is 11.3 Å². The van der Waals surface area contributed by atoms with Crippen molar-refractivity contribution in [3.05, 3.63) is 48.2 Å². The number of pyridine rings is 1. The van der Waals surface area contributed by atoms with Crippen molar-refractivity contribution in [2.45, 2.75) is 6.61 Å². The quantitative estimate of drug-likeness (QED) is 0.766. The van der Waals surface area contributed by atoms with E-state index in [1.54, 1.807) is 18.3 Å². The van der Waals surface area contributed by atoms with Gasteiger partial charge in [0.25, 0.3) is 0 Å². The second kappa shape index (κ2) is 4.53. The van der Waals surface area contributed by atoms with Crippen molar-refractivity contribution in [2.24, 2.45) is 0 Å². The van der Waals surface area contributed by atoms with E-state index < -0.39 is 0 Å². The highest BCUT2D eigenvalue weighted by Gasteiger charge is 2.00. The van der Waals surface area contributed by atoms with Crippen LogP contribution < -0.4 is 16.2 Å². The fourth-order valence-corrected chi connectivity index (χ4v) is 1.37. The third kappa shape index (κ3) is 2.42. The van der Waals surface area contributed by atoms with Crippen molar-refractivity contribution in [1.82, 2.24) is 4.98 Å². The van der Waals surface area contributed by atoms with Crippen molar-refractivity contribution in [3.8, 4) is 5.75 Å². The molecule has 0 amide bonds. The number of hydrogen-bond acceptors (Lipinski definition) is 4. The van der Waals surface area contributed by atoms with Crippen LogP contribution in [0.15, 0.2) is 42.6 Å². The van der Waals surface area contributed by atoms with Crippen molar-refractivity contribution in [3.63, 3.8) is 0 Å². The van der Waals surface area contributed by atoms with Crippen LogP contribution in [0.4, 0.5) is 11.5 Å². The first-order valence-corrected chi connectivity index (χ1v) is 4.93. The number of ether oxygens (including phenoxy) is 1. The molecule has 0 aliphatic carbocycles. The van der Waals surface area contributed by atoms with Gasteiger partial charge in [0.15, 0.2) is 11.6 Å². The van der Waals surface area contributed by atoms with Crippen molar-refractivity contribution in [2.75, 3.05) is 11.5 Å². The number of nitrogens with two attached hydrogens (primary N) is 2. The van der Waals surface area contributed by atoms with Crippen LogP contribution in [0.2, 0.25) is 0 Å². The van der Waals surface area contributed by atoms with Crippen molar-refractivity contribution >= 4 is 11.5 Å². The van der Waals surface area contributed by atoms with E-state index in [0.29, 0.717) is 18.2 Å². The first-order valence-electron chi connectivity index (χ1n) is 4.93. The molecule has 0 aliphatic heterocycles. The average molecular weight is 215 g/mol. The normalized spacial score (nSPS) is 10.0. The smallest absolute Gasteiger partial charge is 0.166 e. The number of hydrogen-bond donors (Lipinski definition) is 2. The highest BCUT2D eigenvalue weighted by molar-refractivity contribution is 5.45. The molecule has 1 aromatic carbocycles. The summed E-state index contributed by atoms with van der Waals surface area (Å²) in [6.45, 7) is 0.431. The fourth-order valence-electron chi connectivity index (χ4n) is 1.37. The molecular weight excluding hydrogens is 202 g/mol. The molecule has 4 N–H and O–H groups in total. The topological polar surface area (TPSA) is 74.2 Å². The maximum absolute atomic E-state index is 5.66. The minimum atomic E-state index is 0.395. The molecule has 1 aromatic heterocycles.